The molecule has 4 heteroatoms. The third kappa shape index (κ3) is 3.02. The van der Waals surface area contributed by atoms with Crippen molar-refractivity contribution in [2.75, 3.05) is 0 Å². The molecule has 0 aliphatic heterocycles. The number of rotatable bonds is 3. The Morgan fingerprint density at radius 1 is 1.47 bits per heavy atom. The minimum atomic E-state index is 0.660. The highest BCUT2D eigenvalue weighted by atomic mass is 15.2. The van der Waals surface area contributed by atoms with Gasteiger partial charge in [0.25, 0.3) is 0 Å². The molecule has 84 valence electrons. The molecule has 1 aliphatic carbocycles. The number of aryl methyl sites for hydroxylation is 1. The van der Waals surface area contributed by atoms with Crippen LogP contribution in [0.1, 0.15) is 44.3 Å². The molecule has 0 amide bonds. The van der Waals surface area contributed by atoms with E-state index < -0.39 is 0 Å². The Balaban J connectivity index is 1.77. The fourth-order valence-electron chi connectivity index (χ4n) is 2.32. The largest absolute Gasteiger partial charge is 0.307 e. The smallest absolute Gasteiger partial charge is 0.164 e. The molecule has 1 heterocycles. The number of aromatic amines is 1. The molecule has 1 aliphatic rings. The molecule has 2 N–H and O–H groups in total. The van der Waals surface area contributed by atoms with Crippen LogP contribution in [-0.4, -0.2) is 21.2 Å². The number of hydrogen-bond acceptors (Lipinski definition) is 3. The number of nitrogens with zero attached hydrogens (tertiary/aromatic N) is 2. The lowest BCUT2D eigenvalue weighted by Crippen LogP contribution is -2.33. The van der Waals surface area contributed by atoms with Crippen molar-refractivity contribution in [1.29, 1.82) is 0 Å². The molecule has 2 rings (SSSR count). The van der Waals surface area contributed by atoms with Crippen LogP contribution in [0.5, 0.6) is 0 Å². The van der Waals surface area contributed by atoms with Gasteiger partial charge in [0.05, 0.1) is 6.54 Å². The van der Waals surface area contributed by atoms with Crippen molar-refractivity contribution in [3.05, 3.63) is 11.6 Å². The van der Waals surface area contributed by atoms with Crippen molar-refractivity contribution in [1.82, 2.24) is 20.5 Å². The summed E-state index contributed by atoms with van der Waals surface area (Å²) in [5.41, 5.74) is 0. The summed E-state index contributed by atoms with van der Waals surface area (Å²) in [6.07, 6.45) is 5.33. The number of nitrogens with one attached hydrogen (secondary N) is 2. The van der Waals surface area contributed by atoms with Crippen LogP contribution in [0.25, 0.3) is 0 Å². The minimum Gasteiger partial charge on any atom is -0.307 e. The van der Waals surface area contributed by atoms with E-state index in [4.69, 9.17) is 0 Å². The second-order valence-electron chi connectivity index (χ2n) is 4.69. The zero-order valence-corrected chi connectivity index (χ0v) is 9.58. The second kappa shape index (κ2) is 4.75. The van der Waals surface area contributed by atoms with E-state index in [-0.39, 0.29) is 0 Å². The van der Waals surface area contributed by atoms with Gasteiger partial charge in [-0.25, -0.2) is 4.98 Å². The first-order valence-electron chi connectivity index (χ1n) is 5.85. The van der Waals surface area contributed by atoms with Gasteiger partial charge in [-0.2, -0.15) is 5.10 Å². The Labute approximate surface area is 90.9 Å². The van der Waals surface area contributed by atoms with Crippen LogP contribution in [0.15, 0.2) is 0 Å². The molecular weight excluding hydrogens is 188 g/mol. The van der Waals surface area contributed by atoms with Crippen LogP contribution in [0.4, 0.5) is 0 Å². The molecule has 15 heavy (non-hydrogen) atoms. The van der Waals surface area contributed by atoms with Crippen LogP contribution in [-0.2, 0) is 6.54 Å². The maximum atomic E-state index is 4.28. The normalized spacial score (nSPS) is 26.8. The number of hydrogen-bond donors (Lipinski definition) is 2. The van der Waals surface area contributed by atoms with Crippen molar-refractivity contribution in [3.8, 4) is 0 Å². The lowest BCUT2D eigenvalue weighted by Gasteiger charge is -2.27. The van der Waals surface area contributed by atoms with Gasteiger partial charge >= 0.3 is 0 Å². The second-order valence-corrected chi connectivity index (χ2v) is 4.69. The van der Waals surface area contributed by atoms with Crippen LogP contribution in [0.2, 0.25) is 0 Å². The van der Waals surface area contributed by atoms with E-state index in [1.54, 1.807) is 0 Å². The van der Waals surface area contributed by atoms with Crippen LogP contribution in [0.3, 0.4) is 0 Å². The molecule has 0 aromatic carbocycles. The highest BCUT2D eigenvalue weighted by Crippen LogP contribution is 2.23. The molecule has 0 radical (unpaired) electrons. The summed E-state index contributed by atoms with van der Waals surface area (Å²) in [4.78, 5) is 4.28. The Morgan fingerprint density at radius 3 is 3.00 bits per heavy atom. The average molecular weight is 208 g/mol. The number of aromatic nitrogens is 3. The fraction of sp³-hybridized carbons (Fsp3) is 0.818. The van der Waals surface area contributed by atoms with Crippen molar-refractivity contribution < 1.29 is 0 Å². The standard InChI is InChI=1S/C11H20N4/c1-8-4-3-5-10(6-8)12-7-11-13-9(2)14-15-11/h8,10,12H,3-7H2,1-2H3,(H,13,14,15). The summed E-state index contributed by atoms with van der Waals surface area (Å²) in [6, 6.07) is 0.660. The Bertz CT molecular complexity index is 307. The summed E-state index contributed by atoms with van der Waals surface area (Å²) < 4.78 is 0. The summed E-state index contributed by atoms with van der Waals surface area (Å²) in [5.74, 6) is 2.64. The van der Waals surface area contributed by atoms with E-state index in [1.165, 1.54) is 25.7 Å². The third-order valence-electron chi connectivity index (χ3n) is 3.13. The maximum Gasteiger partial charge on any atom is 0.164 e. The van der Waals surface area contributed by atoms with Gasteiger partial charge in [-0.1, -0.05) is 19.8 Å². The summed E-state index contributed by atoms with van der Waals surface area (Å²) in [7, 11) is 0. The lowest BCUT2D eigenvalue weighted by molar-refractivity contribution is 0.299. The topological polar surface area (TPSA) is 53.6 Å². The maximum absolute atomic E-state index is 4.28. The summed E-state index contributed by atoms with van der Waals surface area (Å²) in [5, 5.41) is 10.5. The zero-order valence-electron chi connectivity index (χ0n) is 9.58. The predicted octanol–water partition coefficient (Wildman–Crippen LogP) is 1.78. The Kier molecular flexibility index (Phi) is 3.36. The Hall–Kier alpha value is -0.900. The van der Waals surface area contributed by atoms with E-state index in [9.17, 15) is 0 Å². The van der Waals surface area contributed by atoms with E-state index in [0.29, 0.717) is 6.04 Å². The van der Waals surface area contributed by atoms with Gasteiger partial charge in [-0.3, -0.25) is 5.10 Å². The van der Waals surface area contributed by atoms with Crippen molar-refractivity contribution in [2.45, 2.75) is 52.1 Å². The van der Waals surface area contributed by atoms with Crippen LogP contribution < -0.4 is 5.32 Å². The molecule has 0 bridgehead atoms. The SMILES string of the molecule is Cc1nc(CNC2CCCC(C)C2)n[nH]1. The monoisotopic (exact) mass is 208 g/mol. The van der Waals surface area contributed by atoms with Crippen LogP contribution >= 0.6 is 0 Å². The van der Waals surface area contributed by atoms with Crippen molar-refractivity contribution in [3.63, 3.8) is 0 Å². The minimum absolute atomic E-state index is 0.660. The summed E-state index contributed by atoms with van der Waals surface area (Å²) in [6.45, 7) is 5.06. The molecule has 0 saturated heterocycles. The first-order valence-corrected chi connectivity index (χ1v) is 5.85. The molecule has 2 unspecified atom stereocenters. The van der Waals surface area contributed by atoms with Gasteiger partial charge in [0.2, 0.25) is 0 Å². The number of H-pyrrole nitrogens is 1. The van der Waals surface area contributed by atoms with Gasteiger partial charge in [0.15, 0.2) is 5.82 Å². The highest BCUT2D eigenvalue weighted by Gasteiger charge is 2.18. The van der Waals surface area contributed by atoms with Gasteiger partial charge < -0.3 is 5.32 Å². The zero-order chi connectivity index (χ0) is 10.7. The predicted molar refractivity (Wildman–Crippen MR) is 59.4 cm³/mol. The van der Waals surface area contributed by atoms with Gasteiger partial charge in [0.1, 0.15) is 5.82 Å². The van der Waals surface area contributed by atoms with E-state index in [0.717, 1.165) is 24.1 Å². The van der Waals surface area contributed by atoms with Crippen molar-refractivity contribution in [2.24, 2.45) is 5.92 Å². The average Bonchev–Trinajstić information content (AvgIpc) is 2.62. The molecular formula is C11H20N4. The quantitative estimate of drug-likeness (QED) is 0.796. The molecule has 4 nitrogen and oxygen atoms in total. The van der Waals surface area contributed by atoms with E-state index in [1.807, 2.05) is 6.92 Å². The summed E-state index contributed by atoms with van der Waals surface area (Å²) >= 11 is 0. The molecule has 1 aromatic rings. The van der Waals surface area contributed by atoms with E-state index in [2.05, 4.69) is 27.4 Å². The third-order valence-corrected chi connectivity index (χ3v) is 3.13. The molecule has 0 spiro atoms. The van der Waals surface area contributed by atoms with Gasteiger partial charge in [-0.05, 0) is 25.7 Å². The Morgan fingerprint density at radius 2 is 2.33 bits per heavy atom. The lowest BCUT2D eigenvalue weighted by atomic mass is 9.87. The molecule has 1 saturated carbocycles. The molecule has 2 atom stereocenters. The molecule has 1 fully saturated rings. The first-order chi connectivity index (χ1) is 7.24. The molecule has 1 aromatic heterocycles. The van der Waals surface area contributed by atoms with E-state index >= 15 is 0 Å². The van der Waals surface area contributed by atoms with Gasteiger partial charge in [-0.15, -0.1) is 0 Å². The highest BCUT2D eigenvalue weighted by molar-refractivity contribution is 4.88. The first kappa shape index (κ1) is 10.6. The van der Waals surface area contributed by atoms with Crippen LogP contribution in [0, 0.1) is 12.8 Å². The fourth-order valence-corrected chi connectivity index (χ4v) is 2.32. The van der Waals surface area contributed by atoms with Gasteiger partial charge in [0, 0.05) is 6.04 Å². The van der Waals surface area contributed by atoms with Crippen molar-refractivity contribution >= 4 is 0 Å².